The number of morpholine rings is 1. The Morgan fingerprint density at radius 2 is 2.10 bits per heavy atom. The summed E-state index contributed by atoms with van der Waals surface area (Å²) >= 11 is 6.35. The lowest BCUT2D eigenvalue weighted by Crippen LogP contribution is -2.59. The number of piperazine rings is 1. The smallest absolute Gasteiger partial charge is 0.255 e. The van der Waals surface area contributed by atoms with Gasteiger partial charge < -0.3 is 14.4 Å². The zero-order chi connectivity index (χ0) is 22.0. The topological polar surface area (TPSA) is 42.0 Å². The van der Waals surface area contributed by atoms with Crippen LogP contribution in [0.3, 0.4) is 0 Å². The van der Waals surface area contributed by atoms with E-state index in [-0.39, 0.29) is 23.9 Å². The van der Waals surface area contributed by atoms with Gasteiger partial charge in [0.15, 0.2) is 0 Å². The zero-order valence-electron chi connectivity index (χ0n) is 17.7. The fourth-order valence-electron chi connectivity index (χ4n) is 4.24. The van der Waals surface area contributed by atoms with Gasteiger partial charge in [0.25, 0.3) is 5.91 Å². The molecular formula is C24H26ClFN2O3. The summed E-state index contributed by atoms with van der Waals surface area (Å²) in [5.74, 6) is 0.158. The molecule has 0 spiro atoms. The number of carbonyl (C=O) groups excluding carboxylic acids is 1. The van der Waals surface area contributed by atoms with E-state index in [2.05, 4.69) is 4.90 Å². The first-order valence-corrected chi connectivity index (χ1v) is 10.8. The van der Waals surface area contributed by atoms with Crippen molar-refractivity contribution in [1.29, 1.82) is 0 Å². The van der Waals surface area contributed by atoms with Crippen LogP contribution in [0.25, 0.3) is 6.08 Å². The van der Waals surface area contributed by atoms with E-state index in [1.165, 1.54) is 13.2 Å². The summed E-state index contributed by atoms with van der Waals surface area (Å²) in [6, 6.07) is 10.5. The fraction of sp³-hybridized carbons (Fsp3) is 0.375. The monoisotopic (exact) mass is 444 g/mol. The van der Waals surface area contributed by atoms with E-state index in [9.17, 15) is 9.18 Å². The molecule has 2 saturated heterocycles. The Morgan fingerprint density at radius 1 is 1.26 bits per heavy atom. The lowest BCUT2D eigenvalue weighted by molar-refractivity contribution is -0.0858. The molecule has 5 nitrogen and oxygen atoms in total. The van der Waals surface area contributed by atoms with Crippen LogP contribution >= 0.6 is 11.6 Å². The minimum absolute atomic E-state index is 0.0970. The van der Waals surface area contributed by atoms with Crippen LogP contribution in [0.2, 0.25) is 5.02 Å². The lowest BCUT2D eigenvalue weighted by Gasteiger charge is -2.46. The van der Waals surface area contributed by atoms with Gasteiger partial charge in [0.2, 0.25) is 0 Å². The minimum atomic E-state index is -0.237. The first kappa shape index (κ1) is 21.8. The largest absolute Gasteiger partial charge is 0.495 e. The standard InChI is InChI=1S/C24H26ClFN2O3/c1-3-5-16-12-17(8-9-20(16)26)22-14-27-10-11-28(13-18(27)15-31-22)24(29)19-6-4-7-21(30-2)23(19)25/h3-9,12,18,22H,10-11,13-15H2,1-2H3/b5-3+/t18-,22?/m0/s1. The third kappa shape index (κ3) is 4.47. The fourth-order valence-corrected chi connectivity index (χ4v) is 4.53. The molecule has 2 aliphatic rings. The van der Waals surface area contributed by atoms with E-state index in [4.69, 9.17) is 21.1 Å². The molecule has 4 rings (SSSR count). The predicted molar refractivity (Wildman–Crippen MR) is 119 cm³/mol. The number of hydrogen-bond donors (Lipinski definition) is 0. The summed E-state index contributed by atoms with van der Waals surface area (Å²) in [6.07, 6.45) is 3.47. The van der Waals surface area contributed by atoms with Crippen LogP contribution in [0, 0.1) is 5.82 Å². The number of carbonyl (C=O) groups is 1. The molecule has 164 valence electrons. The first-order valence-electron chi connectivity index (χ1n) is 10.4. The number of benzene rings is 2. The molecule has 1 amide bonds. The van der Waals surface area contributed by atoms with Gasteiger partial charge in [-0.05, 0) is 36.8 Å². The van der Waals surface area contributed by atoms with E-state index < -0.39 is 0 Å². The first-order chi connectivity index (χ1) is 15.0. The minimum Gasteiger partial charge on any atom is -0.495 e. The maximum absolute atomic E-state index is 14.0. The van der Waals surface area contributed by atoms with Crippen LogP contribution in [0.4, 0.5) is 4.39 Å². The molecule has 0 bridgehead atoms. The molecule has 1 unspecified atom stereocenters. The molecule has 0 aromatic heterocycles. The lowest BCUT2D eigenvalue weighted by atomic mass is 10.0. The Labute approximate surface area is 187 Å². The highest BCUT2D eigenvalue weighted by Crippen LogP contribution is 2.31. The Bertz CT molecular complexity index is 997. The number of rotatable bonds is 4. The van der Waals surface area contributed by atoms with Crippen LogP contribution in [0.1, 0.15) is 34.5 Å². The van der Waals surface area contributed by atoms with E-state index in [0.29, 0.717) is 48.1 Å². The van der Waals surface area contributed by atoms with Crippen molar-refractivity contribution in [3.05, 3.63) is 70.0 Å². The predicted octanol–water partition coefficient (Wildman–Crippen LogP) is 4.42. The van der Waals surface area contributed by atoms with Gasteiger partial charge in [0.1, 0.15) is 11.6 Å². The molecule has 0 aliphatic carbocycles. The maximum atomic E-state index is 14.0. The van der Waals surface area contributed by atoms with E-state index in [1.807, 2.05) is 24.0 Å². The molecule has 2 aromatic carbocycles. The molecule has 2 heterocycles. The van der Waals surface area contributed by atoms with E-state index >= 15 is 0 Å². The molecule has 31 heavy (non-hydrogen) atoms. The molecule has 7 heteroatoms. The quantitative estimate of drug-likeness (QED) is 0.700. The van der Waals surface area contributed by atoms with Crippen LogP contribution in [-0.4, -0.2) is 61.6 Å². The Morgan fingerprint density at radius 3 is 2.87 bits per heavy atom. The van der Waals surface area contributed by atoms with Crippen LogP contribution in [-0.2, 0) is 4.74 Å². The molecule has 0 radical (unpaired) electrons. The average Bonchev–Trinajstić information content (AvgIpc) is 2.79. The van der Waals surface area contributed by atoms with Crippen molar-refractivity contribution in [1.82, 2.24) is 9.80 Å². The number of ether oxygens (including phenoxy) is 2. The summed E-state index contributed by atoms with van der Waals surface area (Å²) in [7, 11) is 1.53. The second-order valence-corrected chi connectivity index (χ2v) is 8.20. The number of nitrogens with zero attached hydrogens (tertiary/aromatic N) is 2. The zero-order valence-corrected chi connectivity index (χ0v) is 18.4. The van der Waals surface area contributed by atoms with Crippen molar-refractivity contribution >= 4 is 23.6 Å². The van der Waals surface area contributed by atoms with Crippen LogP contribution in [0.5, 0.6) is 5.75 Å². The molecular weight excluding hydrogens is 419 g/mol. The third-order valence-corrected chi connectivity index (χ3v) is 6.32. The highest BCUT2D eigenvalue weighted by atomic mass is 35.5. The average molecular weight is 445 g/mol. The SMILES string of the molecule is C/C=C/c1cc(C2CN3CCN(C(=O)c4cccc(OC)c4Cl)C[C@H]3CO2)ccc1F. The second-order valence-electron chi connectivity index (χ2n) is 7.82. The van der Waals surface area contributed by atoms with Gasteiger partial charge in [0, 0.05) is 31.7 Å². The van der Waals surface area contributed by atoms with Crippen molar-refractivity contribution in [2.24, 2.45) is 0 Å². The Balaban J connectivity index is 1.43. The summed E-state index contributed by atoms with van der Waals surface area (Å²) in [6.45, 7) is 5.04. The van der Waals surface area contributed by atoms with Gasteiger partial charge in [-0.3, -0.25) is 9.69 Å². The molecule has 2 aromatic rings. The molecule has 0 N–H and O–H groups in total. The number of amides is 1. The molecule has 2 fully saturated rings. The highest BCUT2D eigenvalue weighted by Gasteiger charge is 2.36. The molecule has 0 saturated carbocycles. The molecule has 2 atom stereocenters. The molecule has 2 aliphatic heterocycles. The summed E-state index contributed by atoms with van der Waals surface area (Å²) in [4.78, 5) is 17.2. The van der Waals surface area contributed by atoms with Crippen LogP contribution < -0.4 is 4.74 Å². The Kier molecular flexibility index (Phi) is 6.60. The number of methoxy groups -OCH3 is 1. The number of fused-ring (bicyclic) bond motifs is 1. The van der Waals surface area contributed by atoms with Crippen LogP contribution in [0.15, 0.2) is 42.5 Å². The van der Waals surface area contributed by atoms with Gasteiger partial charge in [-0.15, -0.1) is 0 Å². The van der Waals surface area contributed by atoms with Gasteiger partial charge >= 0.3 is 0 Å². The van der Waals surface area contributed by atoms with E-state index in [0.717, 1.165) is 12.1 Å². The van der Waals surface area contributed by atoms with Gasteiger partial charge in [-0.25, -0.2) is 4.39 Å². The van der Waals surface area contributed by atoms with Crippen molar-refractivity contribution in [3.8, 4) is 5.75 Å². The number of hydrogen-bond acceptors (Lipinski definition) is 4. The van der Waals surface area contributed by atoms with Crippen molar-refractivity contribution < 1.29 is 18.7 Å². The number of halogens is 2. The normalized spacial score (nSPS) is 21.9. The van der Waals surface area contributed by atoms with E-state index in [1.54, 1.807) is 30.3 Å². The van der Waals surface area contributed by atoms with Crippen molar-refractivity contribution in [3.63, 3.8) is 0 Å². The Hall–Kier alpha value is -2.41. The summed E-state index contributed by atoms with van der Waals surface area (Å²) < 4.78 is 25.3. The number of allylic oxidation sites excluding steroid dienone is 1. The highest BCUT2D eigenvalue weighted by molar-refractivity contribution is 6.35. The third-order valence-electron chi connectivity index (χ3n) is 5.93. The maximum Gasteiger partial charge on any atom is 0.255 e. The van der Waals surface area contributed by atoms with Gasteiger partial charge in [-0.1, -0.05) is 35.9 Å². The van der Waals surface area contributed by atoms with Gasteiger partial charge in [0.05, 0.1) is 36.4 Å². The summed E-state index contributed by atoms with van der Waals surface area (Å²) in [5, 5.41) is 0.339. The van der Waals surface area contributed by atoms with Gasteiger partial charge in [-0.2, -0.15) is 0 Å². The second kappa shape index (κ2) is 9.39. The van der Waals surface area contributed by atoms with Crippen molar-refractivity contribution in [2.75, 3.05) is 39.9 Å². The summed E-state index contributed by atoms with van der Waals surface area (Å²) in [5.41, 5.74) is 1.98. The van der Waals surface area contributed by atoms with Crippen molar-refractivity contribution in [2.45, 2.75) is 19.1 Å².